The minimum absolute atomic E-state index is 0.300. The van der Waals surface area contributed by atoms with Gasteiger partial charge in [-0.2, -0.15) is 5.26 Å². The lowest BCUT2D eigenvalue weighted by molar-refractivity contribution is 0.112. The average molecular weight is 242 g/mol. The van der Waals surface area contributed by atoms with Crippen LogP contribution >= 0.6 is 11.6 Å². The quantitative estimate of drug-likeness (QED) is 0.753. The minimum Gasteiger partial charge on any atom is -0.298 e. The Bertz CT molecular complexity index is 600. The van der Waals surface area contributed by atoms with Crippen LogP contribution in [0.3, 0.4) is 0 Å². The standard InChI is InChI=1S/C14H8ClNO/c15-14-7-12(9-17)13(6-11(14)8-16)10-4-2-1-3-5-10/h1-7,9H. The summed E-state index contributed by atoms with van der Waals surface area (Å²) < 4.78 is 0. The van der Waals surface area contributed by atoms with Crippen molar-refractivity contribution in [3.63, 3.8) is 0 Å². The molecule has 82 valence electrons. The van der Waals surface area contributed by atoms with Crippen LogP contribution in [-0.2, 0) is 0 Å². The molecule has 0 saturated heterocycles. The van der Waals surface area contributed by atoms with Crippen LogP contribution in [0.25, 0.3) is 11.1 Å². The number of halogens is 1. The Hall–Kier alpha value is -2.11. The predicted octanol–water partition coefficient (Wildman–Crippen LogP) is 3.69. The molecule has 2 aromatic rings. The van der Waals surface area contributed by atoms with Crippen molar-refractivity contribution in [2.24, 2.45) is 0 Å². The van der Waals surface area contributed by atoms with Crippen LogP contribution in [0.2, 0.25) is 5.02 Å². The summed E-state index contributed by atoms with van der Waals surface area (Å²) in [6.07, 6.45) is 0.745. The number of aldehydes is 1. The fourth-order valence-corrected chi connectivity index (χ4v) is 1.85. The van der Waals surface area contributed by atoms with Gasteiger partial charge in [0.05, 0.1) is 10.6 Å². The minimum atomic E-state index is 0.300. The molecule has 0 spiro atoms. The number of carbonyl (C=O) groups excluding carboxylic acids is 1. The fraction of sp³-hybridized carbons (Fsp3) is 0. The van der Waals surface area contributed by atoms with E-state index in [0.717, 1.165) is 17.4 Å². The van der Waals surface area contributed by atoms with Crippen molar-refractivity contribution in [3.8, 4) is 17.2 Å². The molecule has 0 bridgehead atoms. The second-order valence-electron chi connectivity index (χ2n) is 3.51. The molecule has 0 aliphatic heterocycles. The predicted molar refractivity (Wildman–Crippen MR) is 67.0 cm³/mol. The van der Waals surface area contributed by atoms with Crippen molar-refractivity contribution in [3.05, 3.63) is 58.6 Å². The molecule has 17 heavy (non-hydrogen) atoms. The van der Waals surface area contributed by atoms with Gasteiger partial charge in [-0.25, -0.2) is 0 Å². The molecular formula is C14H8ClNO. The fourth-order valence-electron chi connectivity index (χ4n) is 1.64. The third-order valence-corrected chi connectivity index (χ3v) is 2.78. The zero-order valence-corrected chi connectivity index (χ0v) is 9.61. The summed E-state index contributed by atoms with van der Waals surface area (Å²) in [7, 11) is 0. The molecular weight excluding hydrogens is 234 g/mol. The van der Waals surface area contributed by atoms with Gasteiger partial charge in [-0.1, -0.05) is 41.9 Å². The van der Waals surface area contributed by atoms with E-state index >= 15 is 0 Å². The zero-order chi connectivity index (χ0) is 12.3. The van der Waals surface area contributed by atoms with Crippen molar-refractivity contribution in [1.82, 2.24) is 0 Å². The average Bonchev–Trinajstić information content (AvgIpc) is 2.39. The first-order valence-electron chi connectivity index (χ1n) is 5.00. The van der Waals surface area contributed by atoms with E-state index in [-0.39, 0.29) is 0 Å². The summed E-state index contributed by atoms with van der Waals surface area (Å²) in [5.41, 5.74) is 2.47. The SMILES string of the molecule is N#Cc1cc(-c2ccccc2)c(C=O)cc1Cl. The molecule has 2 nitrogen and oxygen atoms in total. The summed E-state index contributed by atoms with van der Waals surface area (Å²) >= 11 is 5.89. The smallest absolute Gasteiger partial charge is 0.150 e. The van der Waals surface area contributed by atoms with Gasteiger partial charge in [0, 0.05) is 5.56 Å². The molecule has 0 aliphatic rings. The second-order valence-corrected chi connectivity index (χ2v) is 3.92. The molecule has 0 unspecified atom stereocenters. The lowest BCUT2D eigenvalue weighted by atomic mass is 9.98. The summed E-state index contributed by atoms with van der Waals surface area (Å²) in [6.45, 7) is 0. The van der Waals surface area contributed by atoms with Gasteiger partial charge in [0.1, 0.15) is 6.07 Å². The van der Waals surface area contributed by atoms with Crippen molar-refractivity contribution >= 4 is 17.9 Å². The van der Waals surface area contributed by atoms with E-state index in [1.807, 2.05) is 36.4 Å². The highest BCUT2D eigenvalue weighted by molar-refractivity contribution is 6.32. The van der Waals surface area contributed by atoms with Gasteiger partial charge in [-0.15, -0.1) is 0 Å². The molecule has 3 heteroatoms. The second kappa shape index (κ2) is 4.82. The molecule has 0 atom stereocenters. The van der Waals surface area contributed by atoms with E-state index in [2.05, 4.69) is 0 Å². The summed E-state index contributed by atoms with van der Waals surface area (Å²) in [5, 5.41) is 9.23. The molecule has 0 aliphatic carbocycles. The first-order valence-corrected chi connectivity index (χ1v) is 5.38. The van der Waals surface area contributed by atoms with Gasteiger partial charge in [-0.3, -0.25) is 4.79 Å². The number of benzene rings is 2. The van der Waals surface area contributed by atoms with Gasteiger partial charge >= 0.3 is 0 Å². The van der Waals surface area contributed by atoms with Crippen LogP contribution in [0.15, 0.2) is 42.5 Å². The number of nitriles is 1. The van der Waals surface area contributed by atoms with Crippen LogP contribution in [0.4, 0.5) is 0 Å². The van der Waals surface area contributed by atoms with Crippen molar-refractivity contribution in [2.75, 3.05) is 0 Å². The summed E-state index contributed by atoms with van der Waals surface area (Å²) in [5.74, 6) is 0. The van der Waals surface area contributed by atoms with E-state index < -0.39 is 0 Å². The van der Waals surface area contributed by atoms with Crippen molar-refractivity contribution < 1.29 is 4.79 Å². The number of carbonyl (C=O) groups is 1. The highest BCUT2D eigenvalue weighted by Gasteiger charge is 2.09. The maximum absolute atomic E-state index is 11.0. The monoisotopic (exact) mass is 241 g/mol. The van der Waals surface area contributed by atoms with Gasteiger partial charge in [0.15, 0.2) is 6.29 Å². The molecule has 0 N–H and O–H groups in total. The van der Waals surface area contributed by atoms with Crippen LogP contribution in [0.5, 0.6) is 0 Å². The van der Waals surface area contributed by atoms with Crippen LogP contribution in [0, 0.1) is 11.3 Å². The summed E-state index contributed by atoms with van der Waals surface area (Å²) in [6, 6.07) is 14.6. The first-order chi connectivity index (χ1) is 8.26. The van der Waals surface area contributed by atoms with Crippen LogP contribution in [0.1, 0.15) is 15.9 Å². The van der Waals surface area contributed by atoms with Gasteiger partial charge in [0.2, 0.25) is 0 Å². The van der Waals surface area contributed by atoms with Crippen LogP contribution in [-0.4, -0.2) is 6.29 Å². The Morgan fingerprint density at radius 3 is 2.47 bits per heavy atom. The molecule has 2 aromatic carbocycles. The largest absolute Gasteiger partial charge is 0.298 e. The Labute approximate surface area is 104 Å². The van der Waals surface area contributed by atoms with E-state index in [1.165, 1.54) is 6.07 Å². The van der Waals surface area contributed by atoms with Gasteiger partial charge in [0.25, 0.3) is 0 Å². The Balaban J connectivity index is 2.69. The third kappa shape index (κ3) is 2.20. The van der Waals surface area contributed by atoms with E-state index in [1.54, 1.807) is 6.07 Å². The zero-order valence-electron chi connectivity index (χ0n) is 8.85. The van der Waals surface area contributed by atoms with Crippen molar-refractivity contribution in [2.45, 2.75) is 0 Å². The summed E-state index contributed by atoms with van der Waals surface area (Å²) in [4.78, 5) is 11.0. The number of rotatable bonds is 2. The van der Waals surface area contributed by atoms with Gasteiger partial charge < -0.3 is 0 Å². The number of hydrogen-bond donors (Lipinski definition) is 0. The molecule has 0 amide bonds. The van der Waals surface area contributed by atoms with E-state index in [4.69, 9.17) is 16.9 Å². The molecule has 0 radical (unpaired) electrons. The van der Waals surface area contributed by atoms with Crippen molar-refractivity contribution in [1.29, 1.82) is 5.26 Å². The Morgan fingerprint density at radius 1 is 1.18 bits per heavy atom. The number of nitrogens with zero attached hydrogens (tertiary/aromatic N) is 1. The topological polar surface area (TPSA) is 40.9 Å². The Kier molecular flexibility index (Phi) is 3.22. The molecule has 0 saturated carbocycles. The molecule has 0 heterocycles. The molecule has 0 fully saturated rings. The maximum atomic E-state index is 11.0. The lowest BCUT2D eigenvalue weighted by Gasteiger charge is -2.06. The Morgan fingerprint density at radius 2 is 1.88 bits per heavy atom. The lowest BCUT2D eigenvalue weighted by Crippen LogP contribution is -1.90. The molecule has 2 rings (SSSR count). The van der Waals surface area contributed by atoms with Gasteiger partial charge in [-0.05, 0) is 23.3 Å². The highest BCUT2D eigenvalue weighted by atomic mass is 35.5. The van der Waals surface area contributed by atoms with E-state index in [0.29, 0.717) is 16.1 Å². The number of hydrogen-bond acceptors (Lipinski definition) is 2. The van der Waals surface area contributed by atoms with Crippen LogP contribution < -0.4 is 0 Å². The highest BCUT2D eigenvalue weighted by Crippen LogP contribution is 2.28. The third-order valence-electron chi connectivity index (χ3n) is 2.47. The first kappa shape index (κ1) is 11.4. The maximum Gasteiger partial charge on any atom is 0.150 e. The normalized spacial score (nSPS) is 9.65. The van der Waals surface area contributed by atoms with E-state index in [9.17, 15) is 4.79 Å². The molecule has 0 aromatic heterocycles.